The number of carbonyl (C=O) groups excluding carboxylic acids is 2. The molecule has 2 aromatic rings. The Balaban J connectivity index is 1.85. The average Bonchev–Trinajstić information content (AvgIpc) is 2.90. The fourth-order valence-electron chi connectivity index (χ4n) is 2.36. The Kier molecular flexibility index (Phi) is 4.94. The van der Waals surface area contributed by atoms with Gasteiger partial charge in [0.05, 0.1) is 21.1 Å². The minimum absolute atomic E-state index is 0.0726. The second-order valence-corrected chi connectivity index (χ2v) is 6.16. The Morgan fingerprint density at radius 1 is 1.08 bits per heavy atom. The molecular weight excluding hydrogens is 359 g/mol. The largest absolute Gasteiger partial charge is 0.298 e. The second kappa shape index (κ2) is 7.32. The molecule has 1 aliphatic heterocycles. The van der Waals surface area contributed by atoms with Crippen LogP contribution >= 0.6 is 11.8 Å². The van der Waals surface area contributed by atoms with Crippen LogP contribution < -0.4 is 4.90 Å². The highest BCUT2D eigenvalue weighted by molar-refractivity contribution is 8.18. The number of carbonyl (C=O) groups is 2. The SMILES string of the molecule is O=C1S/C(=C\C=C\c2ccccc2[N+](=O)[O-])C(=O)N1c1ccccc1F. The summed E-state index contributed by atoms with van der Waals surface area (Å²) in [5.74, 6) is -1.32. The van der Waals surface area contributed by atoms with Crippen molar-refractivity contribution in [1.82, 2.24) is 0 Å². The quantitative estimate of drug-likeness (QED) is 0.449. The van der Waals surface area contributed by atoms with E-state index in [4.69, 9.17) is 0 Å². The van der Waals surface area contributed by atoms with Crippen LogP contribution in [0, 0.1) is 15.9 Å². The monoisotopic (exact) mass is 370 g/mol. The Bertz CT molecular complexity index is 971. The Labute approximate surface area is 151 Å². The van der Waals surface area contributed by atoms with Crippen LogP contribution in [-0.2, 0) is 4.79 Å². The number of nitro benzene ring substituents is 1. The molecule has 26 heavy (non-hydrogen) atoms. The highest BCUT2D eigenvalue weighted by Gasteiger charge is 2.37. The molecule has 3 rings (SSSR count). The number of benzene rings is 2. The fourth-order valence-corrected chi connectivity index (χ4v) is 3.14. The van der Waals surface area contributed by atoms with Gasteiger partial charge >= 0.3 is 0 Å². The first-order chi connectivity index (χ1) is 12.5. The number of thioether (sulfide) groups is 1. The van der Waals surface area contributed by atoms with Crippen LogP contribution in [-0.4, -0.2) is 16.1 Å². The summed E-state index contributed by atoms with van der Waals surface area (Å²) in [4.78, 5) is 35.8. The number of halogens is 1. The number of nitrogens with zero attached hydrogens (tertiary/aromatic N) is 2. The van der Waals surface area contributed by atoms with Crippen molar-refractivity contribution >= 4 is 40.4 Å². The molecule has 1 aliphatic rings. The average molecular weight is 370 g/mol. The van der Waals surface area contributed by atoms with Crippen LogP contribution in [0.2, 0.25) is 0 Å². The van der Waals surface area contributed by atoms with E-state index < -0.39 is 21.9 Å². The number of hydrogen-bond donors (Lipinski definition) is 0. The van der Waals surface area contributed by atoms with Gasteiger partial charge in [0.1, 0.15) is 5.82 Å². The van der Waals surface area contributed by atoms with Crippen LogP contribution in [0.4, 0.5) is 20.6 Å². The van der Waals surface area contributed by atoms with Gasteiger partial charge in [-0.1, -0.05) is 30.3 Å². The highest BCUT2D eigenvalue weighted by Crippen LogP contribution is 2.35. The molecule has 0 atom stereocenters. The Morgan fingerprint density at radius 2 is 1.77 bits per heavy atom. The maximum Gasteiger partial charge on any atom is 0.298 e. The van der Waals surface area contributed by atoms with E-state index in [0.717, 1.165) is 11.0 Å². The molecule has 1 saturated heterocycles. The highest BCUT2D eigenvalue weighted by atomic mass is 32.2. The van der Waals surface area contributed by atoms with Gasteiger partial charge in [0.25, 0.3) is 16.8 Å². The number of nitro groups is 1. The zero-order valence-corrected chi connectivity index (χ0v) is 14.0. The van der Waals surface area contributed by atoms with Crippen LogP contribution in [0.3, 0.4) is 0 Å². The van der Waals surface area contributed by atoms with Crippen molar-refractivity contribution in [3.8, 4) is 0 Å². The zero-order valence-electron chi connectivity index (χ0n) is 13.2. The van der Waals surface area contributed by atoms with Crippen LogP contribution in [0.15, 0.2) is 65.6 Å². The number of amides is 2. The van der Waals surface area contributed by atoms with E-state index >= 15 is 0 Å². The van der Waals surface area contributed by atoms with E-state index in [1.54, 1.807) is 18.2 Å². The smallest absolute Gasteiger partial charge is 0.268 e. The van der Waals surface area contributed by atoms with Gasteiger partial charge in [0.15, 0.2) is 0 Å². The molecule has 2 amide bonds. The lowest BCUT2D eigenvalue weighted by molar-refractivity contribution is -0.385. The van der Waals surface area contributed by atoms with Crippen LogP contribution in [0.5, 0.6) is 0 Å². The number of para-hydroxylation sites is 2. The van der Waals surface area contributed by atoms with Gasteiger partial charge in [0, 0.05) is 6.07 Å². The van der Waals surface area contributed by atoms with Gasteiger partial charge in [0.2, 0.25) is 0 Å². The zero-order chi connectivity index (χ0) is 18.7. The van der Waals surface area contributed by atoms with Crippen molar-refractivity contribution in [1.29, 1.82) is 0 Å². The minimum atomic E-state index is -0.675. The van der Waals surface area contributed by atoms with Crippen molar-refractivity contribution < 1.29 is 18.9 Å². The maximum atomic E-state index is 13.9. The lowest BCUT2D eigenvalue weighted by Crippen LogP contribution is -2.28. The van der Waals surface area contributed by atoms with E-state index in [9.17, 15) is 24.1 Å². The molecule has 0 radical (unpaired) electrons. The third-order valence-corrected chi connectivity index (χ3v) is 4.43. The molecule has 0 aliphatic carbocycles. The number of imide groups is 1. The van der Waals surface area contributed by atoms with E-state index in [0.29, 0.717) is 17.3 Å². The summed E-state index contributed by atoms with van der Waals surface area (Å²) in [7, 11) is 0. The summed E-state index contributed by atoms with van der Waals surface area (Å²) < 4.78 is 13.9. The molecule has 2 aromatic carbocycles. The normalized spacial score (nSPS) is 16.0. The van der Waals surface area contributed by atoms with Gasteiger partial charge < -0.3 is 0 Å². The van der Waals surface area contributed by atoms with Crippen molar-refractivity contribution in [2.24, 2.45) is 0 Å². The second-order valence-electron chi connectivity index (χ2n) is 5.17. The molecule has 0 spiro atoms. The number of hydrogen-bond acceptors (Lipinski definition) is 5. The van der Waals surface area contributed by atoms with Gasteiger partial charge in [-0.3, -0.25) is 19.7 Å². The minimum Gasteiger partial charge on any atom is -0.268 e. The molecule has 0 bridgehead atoms. The number of allylic oxidation sites excluding steroid dienone is 2. The molecule has 8 heteroatoms. The molecule has 0 N–H and O–H groups in total. The fraction of sp³-hybridized carbons (Fsp3) is 0. The van der Waals surface area contributed by atoms with E-state index in [1.807, 2.05) is 0 Å². The summed E-state index contributed by atoms with van der Waals surface area (Å²) in [6, 6.07) is 11.6. The molecule has 1 fully saturated rings. The van der Waals surface area contributed by atoms with Crippen molar-refractivity contribution in [3.05, 3.63) is 87.1 Å². The topological polar surface area (TPSA) is 80.5 Å². The maximum absolute atomic E-state index is 13.9. The standard InChI is InChI=1S/C18H11FN2O4S/c19-13-8-2-4-10-15(13)20-17(22)16(26-18(20)23)11-5-7-12-6-1-3-9-14(12)21(24)25/h1-11H/b7-5+,16-11-. The lowest BCUT2D eigenvalue weighted by Gasteiger charge is -2.12. The number of anilines is 1. The summed E-state index contributed by atoms with van der Waals surface area (Å²) in [6.07, 6.45) is 4.29. The summed E-state index contributed by atoms with van der Waals surface area (Å²) in [5.41, 5.74) is 0.180. The first-order valence-electron chi connectivity index (χ1n) is 7.41. The molecule has 0 saturated carbocycles. The van der Waals surface area contributed by atoms with Gasteiger partial charge in [-0.15, -0.1) is 0 Å². The van der Waals surface area contributed by atoms with Crippen LogP contribution in [0.1, 0.15) is 5.56 Å². The molecule has 1 heterocycles. The molecular formula is C18H11FN2O4S. The number of rotatable bonds is 4. The van der Waals surface area contributed by atoms with E-state index in [2.05, 4.69) is 0 Å². The summed E-state index contributed by atoms with van der Waals surface area (Å²) >= 11 is 0.678. The third kappa shape index (κ3) is 3.40. The van der Waals surface area contributed by atoms with Crippen molar-refractivity contribution in [2.75, 3.05) is 4.90 Å². The van der Waals surface area contributed by atoms with Gasteiger partial charge in [-0.05, 0) is 42.1 Å². The van der Waals surface area contributed by atoms with E-state index in [-0.39, 0.29) is 16.3 Å². The Morgan fingerprint density at radius 3 is 2.50 bits per heavy atom. The summed E-state index contributed by atoms with van der Waals surface area (Å²) in [5, 5.41) is 10.4. The van der Waals surface area contributed by atoms with Gasteiger partial charge in [-0.25, -0.2) is 9.29 Å². The third-order valence-electron chi connectivity index (χ3n) is 3.54. The molecule has 0 aromatic heterocycles. The predicted octanol–water partition coefficient (Wildman–Crippen LogP) is 4.53. The molecule has 0 unspecified atom stereocenters. The van der Waals surface area contributed by atoms with Crippen molar-refractivity contribution in [3.63, 3.8) is 0 Å². The predicted molar refractivity (Wildman–Crippen MR) is 97.1 cm³/mol. The van der Waals surface area contributed by atoms with Gasteiger partial charge in [-0.2, -0.15) is 0 Å². The first-order valence-corrected chi connectivity index (χ1v) is 8.23. The van der Waals surface area contributed by atoms with Crippen molar-refractivity contribution in [2.45, 2.75) is 0 Å². The Hall–Kier alpha value is -3.26. The molecule has 6 nitrogen and oxygen atoms in total. The van der Waals surface area contributed by atoms with E-state index in [1.165, 1.54) is 42.5 Å². The summed E-state index contributed by atoms with van der Waals surface area (Å²) in [6.45, 7) is 0. The lowest BCUT2D eigenvalue weighted by atomic mass is 10.1. The first kappa shape index (κ1) is 17.6. The van der Waals surface area contributed by atoms with Crippen LogP contribution in [0.25, 0.3) is 6.08 Å². The molecule has 130 valence electrons.